The Labute approximate surface area is 123 Å². The van der Waals surface area contributed by atoms with Gasteiger partial charge in [-0.2, -0.15) is 0 Å². The summed E-state index contributed by atoms with van der Waals surface area (Å²) in [5, 5.41) is 7.33. The zero-order valence-corrected chi connectivity index (χ0v) is 12.6. The molecule has 1 rings (SSSR count). The number of amidine groups is 1. The van der Waals surface area contributed by atoms with Gasteiger partial charge < -0.3 is 15.2 Å². The van der Waals surface area contributed by atoms with Gasteiger partial charge >= 0.3 is 5.97 Å². The van der Waals surface area contributed by atoms with Crippen molar-refractivity contribution in [3.63, 3.8) is 0 Å². The average molecular weight is 296 g/mol. The SMILES string of the molecule is CCCOc1ccc(CC(=O)OC)cc1CSC(=N)N. The van der Waals surface area contributed by atoms with Gasteiger partial charge in [-0.25, -0.2) is 0 Å². The number of esters is 1. The molecule has 5 nitrogen and oxygen atoms in total. The fourth-order valence-electron chi connectivity index (χ4n) is 1.60. The maximum absolute atomic E-state index is 11.3. The van der Waals surface area contributed by atoms with Crippen LogP contribution in [0.1, 0.15) is 24.5 Å². The number of nitrogens with two attached hydrogens (primary N) is 1. The van der Waals surface area contributed by atoms with E-state index in [0.717, 1.165) is 23.3 Å². The van der Waals surface area contributed by atoms with Crippen molar-refractivity contribution in [2.45, 2.75) is 25.5 Å². The highest BCUT2D eigenvalue weighted by molar-refractivity contribution is 8.13. The molecule has 0 heterocycles. The largest absolute Gasteiger partial charge is 0.493 e. The monoisotopic (exact) mass is 296 g/mol. The van der Waals surface area contributed by atoms with E-state index in [1.165, 1.54) is 18.9 Å². The van der Waals surface area contributed by atoms with E-state index in [2.05, 4.69) is 4.74 Å². The van der Waals surface area contributed by atoms with E-state index in [0.29, 0.717) is 12.4 Å². The lowest BCUT2D eigenvalue weighted by atomic mass is 10.1. The highest BCUT2D eigenvalue weighted by atomic mass is 32.2. The van der Waals surface area contributed by atoms with Crippen LogP contribution < -0.4 is 10.5 Å². The predicted molar refractivity (Wildman–Crippen MR) is 81.2 cm³/mol. The molecule has 0 fully saturated rings. The Morgan fingerprint density at radius 3 is 2.80 bits per heavy atom. The third-order valence-electron chi connectivity index (χ3n) is 2.55. The summed E-state index contributed by atoms with van der Waals surface area (Å²) in [6, 6.07) is 5.60. The number of thioether (sulfide) groups is 1. The molecule has 0 spiro atoms. The second-order valence-corrected chi connectivity index (χ2v) is 5.21. The third kappa shape index (κ3) is 5.52. The molecule has 20 heavy (non-hydrogen) atoms. The van der Waals surface area contributed by atoms with Crippen LogP contribution in [-0.4, -0.2) is 24.9 Å². The van der Waals surface area contributed by atoms with Gasteiger partial charge in [0.1, 0.15) is 5.75 Å². The zero-order valence-electron chi connectivity index (χ0n) is 11.8. The van der Waals surface area contributed by atoms with E-state index in [-0.39, 0.29) is 17.6 Å². The number of hydrogen-bond donors (Lipinski definition) is 2. The fraction of sp³-hybridized carbons (Fsp3) is 0.429. The molecule has 0 aliphatic rings. The Bertz CT molecular complexity index is 477. The number of carbonyl (C=O) groups excluding carboxylic acids is 1. The van der Waals surface area contributed by atoms with Crippen molar-refractivity contribution in [1.29, 1.82) is 5.41 Å². The van der Waals surface area contributed by atoms with E-state index in [1.54, 1.807) is 0 Å². The molecule has 0 saturated carbocycles. The van der Waals surface area contributed by atoms with Gasteiger partial charge in [-0.05, 0) is 18.1 Å². The lowest BCUT2D eigenvalue weighted by molar-refractivity contribution is -0.139. The molecule has 110 valence electrons. The lowest BCUT2D eigenvalue weighted by Gasteiger charge is -2.12. The Balaban J connectivity index is 2.88. The molecule has 0 amide bonds. The molecular formula is C14H20N2O3S. The maximum atomic E-state index is 11.3. The first-order chi connectivity index (χ1) is 9.56. The summed E-state index contributed by atoms with van der Waals surface area (Å²) in [6.07, 6.45) is 1.14. The quantitative estimate of drug-likeness (QED) is 0.458. The van der Waals surface area contributed by atoms with Crippen molar-refractivity contribution in [2.75, 3.05) is 13.7 Å². The second-order valence-electron chi connectivity index (χ2n) is 4.20. The number of nitrogens with one attached hydrogen (secondary N) is 1. The Morgan fingerprint density at radius 1 is 1.45 bits per heavy atom. The van der Waals surface area contributed by atoms with Crippen LogP contribution in [0, 0.1) is 5.41 Å². The van der Waals surface area contributed by atoms with Crippen LogP contribution >= 0.6 is 11.8 Å². The molecule has 0 atom stereocenters. The van der Waals surface area contributed by atoms with Crippen molar-refractivity contribution >= 4 is 22.9 Å². The minimum atomic E-state index is -0.280. The predicted octanol–water partition coefficient (Wildman–Crippen LogP) is 2.32. The fourth-order valence-corrected chi connectivity index (χ4v) is 2.14. The van der Waals surface area contributed by atoms with Gasteiger partial charge in [0.15, 0.2) is 5.17 Å². The summed E-state index contributed by atoms with van der Waals surface area (Å²) in [4.78, 5) is 11.3. The first-order valence-corrected chi connectivity index (χ1v) is 7.33. The molecule has 0 unspecified atom stereocenters. The van der Waals surface area contributed by atoms with E-state index < -0.39 is 0 Å². The van der Waals surface area contributed by atoms with Crippen molar-refractivity contribution in [1.82, 2.24) is 0 Å². The van der Waals surface area contributed by atoms with Crippen LogP contribution in [-0.2, 0) is 21.7 Å². The van der Waals surface area contributed by atoms with Gasteiger partial charge in [-0.15, -0.1) is 0 Å². The number of benzene rings is 1. The van der Waals surface area contributed by atoms with Gasteiger partial charge in [0.2, 0.25) is 0 Å². The van der Waals surface area contributed by atoms with Crippen molar-refractivity contribution in [3.05, 3.63) is 29.3 Å². The number of hydrogen-bond acceptors (Lipinski definition) is 5. The zero-order chi connectivity index (χ0) is 15.0. The topological polar surface area (TPSA) is 85.4 Å². The second kappa shape index (κ2) is 8.47. The minimum Gasteiger partial charge on any atom is -0.493 e. The summed E-state index contributed by atoms with van der Waals surface area (Å²) in [5.41, 5.74) is 7.15. The van der Waals surface area contributed by atoms with Crippen molar-refractivity contribution in [3.8, 4) is 5.75 Å². The summed E-state index contributed by atoms with van der Waals surface area (Å²) < 4.78 is 10.3. The Kier molecular flexibility index (Phi) is 6.93. The molecule has 1 aromatic carbocycles. The van der Waals surface area contributed by atoms with E-state index in [9.17, 15) is 4.79 Å². The van der Waals surface area contributed by atoms with Crippen molar-refractivity contribution in [2.24, 2.45) is 5.73 Å². The molecule has 0 aliphatic carbocycles. The summed E-state index contributed by atoms with van der Waals surface area (Å²) in [7, 11) is 1.37. The minimum absolute atomic E-state index is 0.0600. The molecule has 6 heteroatoms. The summed E-state index contributed by atoms with van der Waals surface area (Å²) in [5.74, 6) is 1.04. The first-order valence-electron chi connectivity index (χ1n) is 6.35. The molecule has 0 aromatic heterocycles. The highest BCUT2D eigenvalue weighted by Crippen LogP contribution is 2.25. The van der Waals surface area contributed by atoms with Gasteiger partial charge in [-0.3, -0.25) is 10.2 Å². The van der Waals surface area contributed by atoms with Gasteiger partial charge in [-0.1, -0.05) is 30.8 Å². The Morgan fingerprint density at radius 2 is 2.20 bits per heavy atom. The average Bonchev–Trinajstić information content (AvgIpc) is 2.43. The maximum Gasteiger partial charge on any atom is 0.309 e. The third-order valence-corrected chi connectivity index (χ3v) is 3.31. The molecule has 0 aliphatic heterocycles. The van der Waals surface area contributed by atoms with Gasteiger partial charge in [0.05, 0.1) is 20.1 Å². The van der Waals surface area contributed by atoms with Crippen LogP contribution in [0.3, 0.4) is 0 Å². The van der Waals surface area contributed by atoms with E-state index in [1.807, 2.05) is 25.1 Å². The van der Waals surface area contributed by atoms with Crippen LogP contribution in [0.25, 0.3) is 0 Å². The summed E-state index contributed by atoms with van der Waals surface area (Å²) in [6.45, 7) is 2.67. The van der Waals surface area contributed by atoms with E-state index in [4.69, 9.17) is 15.9 Å². The smallest absolute Gasteiger partial charge is 0.309 e. The van der Waals surface area contributed by atoms with Crippen LogP contribution in [0.15, 0.2) is 18.2 Å². The highest BCUT2D eigenvalue weighted by Gasteiger charge is 2.09. The number of rotatable bonds is 7. The standard InChI is InChI=1S/C14H20N2O3S/c1-3-6-19-12-5-4-10(8-13(17)18-2)7-11(12)9-20-14(15)16/h4-5,7H,3,6,8-9H2,1-2H3,(H3,15,16). The van der Waals surface area contributed by atoms with Crippen LogP contribution in [0.5, 0.6) is 5.75 Å². The molecule has 0 bridgehead atoms. The number of ether oxygens (including phenoxy) is 2. The summed E-state index contributed by atoms with van der Waals surface area (Å²) >= 11 is 1.23. The molecular weight excluding hydrogens is 276 g/mol. The molecule has 0 saturated heterocycles. The molecule has 3 N–H and O–H groups in total. The van der Waals surface area contributed by atoms with Crippen LogP contribution in [0.4, 0.5) is 0 Å². The number of carbonyl (C=O) groups is 1. The van der Waals surface area contributed by atoms with Crippen molar-refractivity contribution < 1.29 is 14.3 Å². The first kappa shape index (κ1) is 16.4. The van der Waals surface area contributed by atoms with Gasteiger partial charge in [0.25, 0.3) is 0 Å². The normalized spacial score (nSPS) is 10.1. The van der Waals surface area contributed by atoms with Gasteiger partial charge in [0, 0.05) is 11.3 Å². The number of methoxy groups -OCH3 is 1. The molecule has 1 aromatic rings. The lowest BCUT2D eigenvalue weighted by Crippen LogP contribution is -2.07. The Hall–Kier alpha value is -1.69. The van der Waals surface area contributed by atoms with E-state index >= 15 is 0 Å². The van der Waals surface area contributed by atoms with Crippen LogP contribution in [0.2, 0.25) is 0 Å². The molecule has 0 radical (unpaired) electrons.